The van der Waals surface area contributed by atoms with Crippen molar-refractivity contribution in [3.63, 3.8) is 0 Å². The average molecular weight is 860 g/mol. The number of ether oxygens (including phenoxy) is 1. The molecule has 0 spiro atoms. The van der Waals surface area contributed by atoms with Crippen LogP contribution in [0.4, 0.5) is 0 Å². The Bertz CT molecular complexity index is 1620. The Kier molecular flexibility index (Phi) is 22.8. The summed E-state index contributed by atoms with van der Waals surface area (Å²) >= 11 is 0. The summed E-state index contributed by atoms with van der Waals surface area (Å²) in [4.78, 5) is 107. The van der Waals surface area contributed by atoms with Gasteiger partial charge in [-0.05, 0) is 63.6 Å². The SMILES string of the molecule is CCCCCCCCCCC[C@@H]1CC(=O)NC([C@@H](C)O)C(=O)N[C@@H](C)C(=O)N[C@H](C)C(=O)N[C@@H](CCC(N)=O)C(=O)N[C@H](Cc2ccc(O)cc2)C(=O)NC(C(C)C)C(=O)O1. The average Bonchev–Trinajstić information content (AvgIpc) is 3.19. The molecule has 18 nitrogen and oxygen atoms in total. The molecule has 18 heteroatoms. The van der Waals surface area contributed by atoms with Crippen molar-refractivity contribution in [3.8, 4) is 5.75 Å². The third-order valence-corrected chi connectivity index (χ3v) is 10.5. The molecule has 1 saturated heterocycles. The van der Waals surface area contributed by atoms with Crippen molar-refractivity contribution in [2.75, 3.05) is 0 Å². The lowest BCUT2D eigenvalue weighted by molar-refractivity contribution is -0.156. The fraction of sp³-hybridized carbons (Fsp3) is 0.674. The Balaban J connectivity index is 2.53. The van der Waals surface area contributed by atoms with E-state index in [4.69, 9.17) is 10.5 Å². The minimum Gasteiger partial charge on any atom is -0.508 e. The van der Waals surface area contributed by atoms with Gasteiger partial charge in [-0.25, -0.2) is 4.79 Å². The highest BCUT2D eigenvalue weighted by Crippen LogP contribution is 2.18. The summed E-state index contributed by atoms with van der Waals surface area (Å²) in [5.41, 5.74) is 5.88. The van der Waals surface area contributed by atoms with E-state index in [2.05, 4.69) is 38.8 Å². The number of carbonyl (C=O) groups is 8. The van der Waals surface area contributed by atoms with Crippen LogP contribution in [0.15, 0.2) is 24.3 Å². The van der Waals surface area contributed by atoms with Gasteiger partial charge in [-0.15, -0.1) is 0 Å². The van der Waals surface area contributed by atoms with Crippen LogP contribution in [0.25, 0.3) is 0 Å². The maximum absolute atomic E-state index is 14.1. The number of esters is 1. The zero-order valence-corrected chi connectivity index (χ0v) is 36.6. The van der Waals surface area contributed by atoms with E-state index in [-0.39, 0.29) is 37.9 Å². The number of rotatable bonds is 17. The molecule has 1 aromatic carbocycles. The molecular formula is C43H69N7O11. The first-order valence-electron chi connectivity index (χ1n) is 21.6. The maximum Gasteiger partial charge on any atom is 0.329 e. The number of aliphatic hydroxyl groups excluding tert-OH is 1. The smallest absolute Gasteiger partial charge is 0.329 e. The molecule has 2 rings (SSSR count). The Morgan fingerprint density at radius 1 is 0.689 bits per heavy atom. The predicted molar refractivity (Wildman–Crippen MR) is 226 cm³/mol. The van der Waals surface area contributed by atoms with E-state index in [1.54, 1.807) is 13.8 Å². The maximum atomic E-state index is 14.1. The molecule has 7 amide bonds. The van der Waals surface area contributed by atoms with Crippen molar-refractivity contribution >= 4 is 47.3 Å². The van der Waals surface area contributed by atoms with Gasteiger partial charge in [0, 0.05) is 12.8 Å². The summed E-state index contributed by atoms with van der Waals surface area (Å²) in [5, 5.41) is 35.5. The van der Waals surface area contributed by atoms with E-state index in [9.17, 15) is 48.6 Å². The van der Waals surface area contributed by atoms with Crippen LogP contribution in [0.2, 0.25) is 0 Å². The summed E-state index contributed by atoms with van der Waals surface area (Å²) in [5.74, 6) is -7.16. The number of nitrogens with two attached hydrogens (primary N) is 1. The minimum atomic E-state index is -1.51. The van der Waals surface area contributed by atoms with Gasteiger partial charge in [0.1, 0.15) is 48.1 Å². The van der Waals surface area contributed by atoms with Crippen LogP contribution in [0.3, 0.4) is 0 Å². The van der Waals surface area contributed by atoms with Crippen molar-refractivity contribution in [2.45, 2.75) is 180 Å². The number of hydrogen-bond donors (Lipinski definition) is 9. The number of hydrogen-bond acceptors (Lipinski definition) is 11. The lowest BCUT2D eigenvalue weighted by atomic mass is 10.0. The molecule has 0 aromatic heterocycles. The van der Waals surface area contributed by atoms with Crippen LogP contribution in [0.5, 0.6) is 5.75 Å². The van der Waals surface area contributed by atoms with Crippen LogP contribution in [-0.2, 0) is 49.5 Å². The van der Waals surface area contributed by atoms with E-state index in [0.29, 0.717) is 12.0 Å². The number of amides is 7. The van der Waals surface area contributed by atoms with E-state index < -0.39 is 102 Å². The van der Waals surface area contributed by atoms with Gasteiger partial charge in [0.25, 0.3) is 0 Å². The van der Waals surface area contributed by atoms with Crippen LogP contribution < -0.4 is 37.6 Å². The van der Waals surface area contributed by atoms with Gasteiger partial charge in [0.05, 0.1) is 12.5 Å². The van der Waals surface area contributed by atoms with E-state index in [1.165, 1.54) is 57.9 Å². The fourth-order valence-electron chi connectivity index (χ4n) is 6.69. The number of benzene rings is 1. The van der Waals surface area contributed by atoms with Gasteiger partial charge in [-0.3, -0.25) is 33.6 Å². The Hall–Kier alpha value is -5.26. The second kappa shape index (κ2) is 26.8. The number of phenols is 1. The highest BCUT2D eigenvalue weighted by Gasteiger charge is 2.35. The number of unbranched alkanes of at least 4 members (excludes halogenated alkanes) is 8. The summed E-state index contributed by atoms with van der Waals surface area (Å²) in [7, 11) is 0. The molecule has 1 aliphatic rings. The normalized spacial score (nSPS) is 24.7. The van der Waals surface area contributed by atoms with Crippen molar-refractivity contribution < 1.29 is 53.3 Å². The predicted octanol–water partition coefficient (Wildman–Crippen LogP) is 1.42. The monoisotopic (exact) mass is 860 g/mol. The molecule has 1 aliphatic heterocycles. The van der Waals surface area contributed by atoms with Crippen LogP contribution in [0, 0.1) is 5.92 Å². The van der Waals surface area contributed by atoms with Gasteiger partial charge in [0.2, 0.25) is 41.4 Å². The molecular weight excluding hydrogens is 791 g/mol. The first kappa shape index (κ1) is 51.9. The Labute approximate surface area is 359 Å². The Morgan fingerprint density at radius 2 is 1.21 bits per heavy atom. The fourth-order valence-corrected chi connectivity index (χ4v) is 6.69. The quantitative estimate of drug-likeness (QED) is 0.0798. The van der Waals surface area contributed by atoms with Gasteiger partial charge in [-0.2, -0.15) is 0 Å². The van der Waals surface area contributed by atoms with Crippen molar-refractivity contribution in [1.29, 1.82) is 0 Å². The molecule has 8 atom stereocenters. The molecule has 0 bridgehead atoms. The lowest BCUT2D eigenvalue weighted by Crippen LogP contribution is -2.60. The van der Waals surface area contributed by atoms with Gasteiger partial charge < -0.3 is 52.6 Å². The zero-order valence-electron chi connectivity index (χ0n) is 36.6. The van der Waals surface area contributed by atoms with Gasteiger partial charge >= 0.3 is 5.97 Å². The van der Waals surface area contributed by atoms with Crippen LogP contribution in [0.1, 0.15) is 131 Å². The van der Waals surface area contributed by atoms with E-state index in [0.717, 1.165) is 38.5 Å². The first-order valence-corrected chi connectivity index (χ1v) is 21.6. The molecule has 10 N–H and O–H groups in total. The number of aromatic hydroxyl groups is 1. The van der Waals surface area contributed by atoms with E-state index in [1.807, 2.05) is 0 Å². The Morgan fingerprint density at radius 3 is 1.77 bits per heavy atom. The molecule has 0 saturated carbocycles. The second-order valence-corrected chi connectivity index (χ2v) is 16.4. The first-order chi connectivity index (χ1) is 28.8. The van der Waals surface area contributed by atoms with Crippen LogP contribution >= 0.6 is 0 Å². The second-order valence-electron chi connectivity index (χ2n) is 16.4. The number of carbonyl (C=O) groups excluding carboxylic acids is 8. The third-order valence-electron chi connectivity index (χ3n) is 10.5. The van der Waals surface area contributed by atoms with Gasteiger partial charge in [-0.1, -0.05) is 84.3 Å². The third kappa shape index (κ3) is 19.3. The van der Waals surface area contributed by atoms with Crippen molar-refractivity contribution in [2.24, 2.45) is 11.7 Å². The molecule has 61 heavy (non-hydrogen) atoms. The zero-order chi connectivity index (χ0) is 45.6. The summed E-state index contributed by atoms with van der Waals surface area (Å²) in [6, 6.07) is -2.24. The number of aliphatic hydroxyl groups is 1. The van der Waals surface area contributed by atoms with E-state index >= 15 is 0 Å². The molecule has 2 unspecified atom stereocenters. The standard InChI is InChI=1S/C43H69N7O11/c1-7-8-9-10-11-12-13-14-15-16-31-24-35(54)49-37(28(6)51)42(59)46-26(4)38(55)45-27(5)39(56)47-32(21-22-34(44)53)40(57)48-33(23-29-17-19-30(52)20-18-29)41(58)50-36(25(2)3)43(60)61-31/h17-20,25-28,31-33,36-37,51-52H,7-16,21-24H2,1-6H3,(H2,44,53)(H,45,55)(H,46,59)(H,47,56)(H,48,57)(H,49,54)(H,50,58)/t26-,27+,28+,31+,32-,33+,36?,37?/m0/s1. The summed E-state index contributed by atoms with van der Waals surface area (Å²) in [6.45, 7) is 9.43. The number of nitrogens with one attached hydrogen (secondary N) is 6. The lowest BCUT2D eigenvalue weighted by Gasteiger charge is -2.29. The topological polar surface area (TPSA) is 284 Å². The molecule has 0 radical (unpaired) electrons. The van der Waals surface area contributed by atoms with Crippen molar-refractivity contribution in [3.05, 3.63) is 29.8 Å². The highest BCUT2D eigenvalue weighted by atomic mass is 16.5. The number of primary amides is 1. The van der Waals surface area contributed by atoms with Crippen LogP contribution in [-0.4, -0.2) is 106 Å². The minimum absolute atomic E-state index is 0.0401. The molecule has 1 aromatic rings. The summed E-state index contributed by atoms with van der Waals surface area (Å²) < 4.78 is 5.93. The molecule has 1 fully saturated rings. The molecule has 1 heterocycles. The largest absolute Gasteiger partial charge is 0.508 e. The van der Waals surface area contributed by atoms with Crippen molar-refractivity contribution in [1.82, 2.24) is 31.9 Å². The van der Waals surface area contributed by atoms with Gasteiger partial charge in [0.15, 0.2) is 0 Å². The summed E-state index contributed by atoms with van der Waals surface area (Å²) in [6.07, 6.45) is 5.98. The number of phenolic OH excluding ortho intramolecular Hbond substituents is 1. The number of cyclic esters (lactones) is 1. The molecule has 342 valence electrons. The highest BCUT2D eigenvalue weighted by molar-refractivity contribution is 5.97. The molecule has 0 aliphatic carbocycles.